The van der Waals surface area contributed by atoms with Crippen molar-refractivity contribution >= 4 is 0 Å². The van der Waals surface area contributed by atoms with Crippen LogP contribution in [0.15, 0.2) is 4.63 Å². The molecule has 3 saturated heterocycles. The van der Waals surface area contributed by atoms with Gasteiger partial charge in [-0.25, -0.2) is 4.63 Å². The number of unbranched alkanes of at least 4 members (excludes halogenated alkanes) is 1. The van der Waals surface area contributed by atoms with Crippen molar-refractivity contribution in [2.45, 2.75) is 38.7 Å². The van der Waals surface area contributed by atoms with Crippen molar-refractivity contribution in [2.24, 2.45) is 5.92 Å². The maximum absolute atomic E-state index is 5.96. The Morgan fingerprint density at radius 2 is 2.05 bits per heavy atom. The molecule has 106 valence electrons. The van der Waals surface area contributed by atoms with E-state index in [-0.39, 0.29) is 6.10 Å². The summed E-state index contributed by atoms with van der Waals surface area (Å²) in [5.41, 5.74) is 0. The van der Waals surface area contributed by atoms with Crippen molar-refractivity contribution in [3.05, 3.63) is 0 Å². The van der Waals surface area contributed by atoms with Gasteiger partial charge in [0.05, 0.1) is 6.61 Å². The van der Waals surface area contributed by atoms with Crippen molar-refractivity contribution in [2.75, 3.05) is 26.2 Å². The molecule has 1 aromatic heterocycles. The minimum absolute atomic E-state index is 0.197. The van der Waals surface area contributed by atoms with E-state index in [1.807, 2.05) is 0 Å². The Balaban J connectivity index is 1.59. The molecule has 1 unspecified atom stereocenters. The second kappa shape index (κ2) is 5.77. The van der Waals surface area contributed by atoms with Crippen LogP contribution in [0.2, 0.25) is 0 Å². The molecule has 0 aliphatic carbocycles. The van der Waals surface area contributed by atoms with Crippen LogP contribution in [0.1, 0.15) is 32.6 Å². The summed E-state index contributed by atoms with van der Waals surface area (Å²) in [5, 5.41) is 7.59. The zero-order chi connectivity index (χ0) is 13.1. The van der Waals surface area contributed by atoms with E-state index in [1.165, 1.54) is 25.9 Å². The molecule has 6 heteroatoms. The Bertz CT molecular complexity index is 402. The summed E-state index contributed by atoms with van der Waals surface area (Å²) >= 11 is 0. The molecule has 0 amide bonds. The molecule has 0 radical (unpaired) electrons. The first-order valence-electron chi connectivity index (χ1n) is 7.21. The summed E-state index contributed by atoms with van der Waals surface area (Å²) in [7, 11) is 0. The van der Waals surface area contributed by atoms with Crippen molar-refractivity contribution in [3.63, 3.8) is 0 Å². The lowest BCUT2D eigenvalue weighted by Gasteiger charge is -2.43. The molecule has 1 aromatic rings. The average molecular weight is 267 g/mol. The SMILES string of the molecule is CCCCOc1nonc1OC1CN2CCC1CC2. The number of aromatic nitrogens is 2. The van der Waals surface area contributed by atoms with Gasteiger partial charge in [0.1, 0.15) is 6.10 Å². The van der Waals surface area contributed by atoms with Crippen molar-refractivity contribution in [1.82, 2.24) is 15.2 Å². The van der Waals surface area contributed by atoms with E-state index in [9.17, 15) is 0 Å². The van der Waals surface area contributed by atoms with Crippen LogP contribution in [0.3, 0.4) is 0 Å². The number of nitrogens with zero attached hydrogens (tertiary/aromatic N) is 3. The van der Waals surface area contributed by atoms with Crippen molar-refractivity contribution < 1.29 is 14.1 Å². The van der Waals surface area contributed by atoms with Crippen molar-refractivity contribution in [1.29, 1.82) is 0 Å². The van der Waals surface area contributed by atoms with Gasteiger partial charge in [0.2, 0.25) is 0 Å². The van der Waals surface area contributed by atoms with E-state index in [1.54, 1.807) is 0 Å². The second-order valence-corrected chi connectivity index (χ2v) is 5.37. The van der Waals surface area contributed by atoms with E-state index >= 15 is 0 Å². The normalized spacial score (nSPS) is 29.4. The van der Waals surface area contributed by atoms with E-state index in [4.69, 9.17) is 14.1 Å². The van der Waals surface area contributed by atoms with Crippen LogP contribution in [0.5, 0.6) is 11.8 Å². The third kappa shape index (κ3) is 2.83. The molecule has 19 heavy (non-hydrogen) atoms. The highest BCUT2D eigenvalue weighted by Crippen LogP contribution is 2.32. The first-order chi connectivity index (χ1) is 9.36. The van der Waals surface area contributed by atoms with Gasteiger partial charge >= 0.3 is 11.8 Å². The monoisotopic (exact) mass is 267 g/mol. The molecular weight excluding hydrogens is 246 g/mol. The quantitative estimate of drug-likeness (QED) is 0.731. The van der Waals surface area contributed by atoms with E-state index in [0.29, 0.717) is 24.3 Å². The van der Waals surface area contributed by atoms with E-state index in [2.05, 4.69) is 22.1 Å². The first-order valence-corrected chi connectivity index (χ1v) is 7.21. The number of rotatable bonds is 6. The van der Waals surface area contributed by atoms with Crippen LogP contribution in [0.25, 0.3) is 0 Å². The molecular formula is C13H21N3O3. The predicted octanol–water partition coefficient (Wildman–Crippen LogP) is 1.72. The van der Waals surface area contributed by atoms with Crippen LogP contribution >= 0.6 is 0 Å². The molecule has 1 atom stereocenters. The summed E-state index contributed by atoms with van der Waals surface area (Å²) in [4.78, 5) is 2.44. The minimum Gasteiger partial charge on any atom is -0.472 e. The molecule has 0 N–H and O–H groups in total. The minimum atomic E-state index is 0.197. The number of fused-ring (bicyclic) bond motifs is 3. The predicted molar refractivity (Wildman–Crippen MR) is 68.3 cm³/mol. The number of ether oxygens (including phenoxy) is 2. The zero-order valence-corrected chi connectivity index (χ0v) is 11.4. The van der Waals surface area contributed by atoms with Gasteiger partial charge in [-0.1, -0.05) is 13.3 Å². The number of hydrogen-bond acceptors (Lipinski definition) is 6. The Labute approximate surface area is 113 Å². The standard InChI is InChI=1S/C13H21N3O3/c1-2-3-8-17-12-13(15-19-14-12)18-11-9-16-6-4-10(11)5-7-16/h10-11H,2-9H2,1H3. The fourth-order valence-electron chi connectivity index (χ4n) is 2.83. The maximum Gasteiger partial charge on any atom is 0.320 e. The number of hydrogen-bond donors (Lipinski definition) is 0. The van der Waals surface area contributed by atoms with Crippen LogP contribution in [-0.4, -0.2) is 47.6 Å². The van der Waals surface area contributed by atoms with Gasteiger partial charge in [0.25, 0.3) is 0 Å². The zero-order valence-electron chi connectivity index (χ0n) is 11.4. The lowest BCUT2D eigenvalue weighted by molar-refractivity contribution is -0.0125. The van der Waals surface area contributed by atoms with Crippen LogP contribution in [-0.2, 0) is 0 Å². The summed E-state index contributed by atoms with van der Waals surface area (Å²) in [6, 6.07) is 0. The highest BCUT2D eigenvalue weighted by molar-refractivity contribution is 5.22. The molecule has 0 spiro atoms. The Hall–Kier alpha value is -1.30. The molecule has 3 aliphatic heterocycles. The van der Waals surface area contributed by atoms with Gasteiger partial charge in [-0.15, -0.1) is 0 Å². The second-order valence-electron chi connectivity index (χ2n) is 5.37. The Morgan fingerprint density at radius 1 is 1.26 bits per heavy atom. The number of piperidine rings is 3. The molecule has 3 aliphatic rings. The van der Waals surface area contributed by atoms with Gasteiger partial charge in [-0.05, 0) is 48.6 Å². The van der Waals surface area contributed by atoms with Crippen LogP contribution in [0, 0.1) is 5.92 Å². The maximum atomic E-state index is 5.96. The molecule has 3 fully saturated rings. The first kappa shape index (κ1) is 12.7. The smallest absolute Gasteiger partial charge is 0.320 e. The highest BCUT2D eigenvalue weighted by atomic mass is 16.6. The van der Waals surface area contributed by atoms with E-state index < -0.39 is 0 Å². The lowest BCUT2D eigenvalue weighted by Crippen LogP contribution is -2.52. The largest absolute Gasteiger partial charge is 0.472 e. The summed E-state index contributed by atoms with van der Waals surface area (Å²) in [6.07, 6.45) is 4.69. The molecule has 2 bridgehead atoms. The molecule has 6 nitrogen and oxygen atoms in total. The van der Waals surface area contributed by atoms with Gasteiger partial charge in [0.15, 0.2) is 0 Å². The fraction of sp³-hybridized carbons (Fsp3) is 0.846. The Morgan fingerprint density at radius 3 is 2.74 bits per heavy atom. The molecule has 4 heterocycles. The summed E-state index contributed by atoms with van der Waals surface area (Å²) in [6.45, 7) is 6.12. The van der Waals surface area contributed by atoms with Crippen molar-refractivity contribution in [3.8, 4) is 11.8 Å². The molecule has 4 rings (SSSR count). The fourth-order valence-corrected chi connectivity index (χ4v) is 2.83. The highest BCUT2D eigenvalue weighted by Gasteiger charge is 2.36. The summed E-state index contributed by atoms with van der Waals surface area (Å²) < 4.78 is 16.2. The van der Waals surface area contributed by atoms with Gasteiger partial charge in [-0.2, -0.15) is 0 Å². The van der Waals surface area contributed by atoms with Gasteiger partial charge in [-0.3, -0.25) is 4.90 Å². The van der Waals surface area contributed by atoms with Gasteiger partial charge in [0, 0.05) is 6.54 Å². The molecule has 0 saturated carbocycles. The van der Waals surface area contributed by atoms with Crippen LogP contribution in [0.4, 0.5) is 0 Å². The van der Waals surface area contributed by atoms with Gasteiger partial charge < -0.3 is 9.47 Å². The van der Waals surface area contributed by atoms with Crippen LogP contribution < -0.4 is 9.47 Å². The third-order valence-corrected chi connectivity index (χ3v) is 4.03. The topological polar surface area (TPSA) is 60.6 Å². The lowest BCUT2D eigenvalue weighted by atomic mass is 9.86. The third-order valence-electron chi connectivity index (χ3n) is 4.03. The molecule has 0 aromatic carbocycles. The Kier molecular flexibility index (Phi) is 3.87. The average Bonchev–Trinajstić information content (AvgIpc) is 2.88. The van der Waals surface area contributed by atoms with E-state index in [0.717, 1.165) is 19.4 Å². The summed E-state index contributed by atoms with van der Waals surface area (Å²) in [5.74, 6) is 1.44.